The number of nitrogens with one attached hydrogen (secondary N) is 2. The Hall–Kier alpha value is -2.86. The molecule has 2 heterocycles. The molecule has 0 saturated heterocycles. The van der Waals surface area contributed by atoms with E-state index in [2.05, 4.69) is 9.97 Å². The molecule has 0 bridgehead atoms. The molecule has 0 radical (unpaired) electrons. The van der Waals surface area contributed by atoms with Crippen molar-refractivity contribution in [1.82, 2.24) is 14.5 Å². The van der Waals surface area contributed by atoms with Crippen LogP contribution in [0.25, 0.3) is 21.8 Å². The molecule has 2 N–H and O–H groups in total. The van der Waals surface area contributed by atoms with Gasteiger partial charge in [0.05, 0.1) is 18.0 Å². The van der Waals surface area contributed by atoms with E-state index in [1.165, 1.54) is 0 Å². The minimum Gasteiger partial charge on any atom is -0.497 e. The highest BCUT2D eigenvalue weighted by Crippen LogP contribution is 2.24. The third-order valence-corrected chi connectivity index (χ3v) is 4.79. The second-order valence-electron chi connectivity index (χ2n) is 5.91. The van der Waals surface area contributed by atoms with Gasteiger partial charge in [0.25, 0.3) is 5.56 Å². The van der Waals surface area contributed by atoms with Crippen molar-refractivity contribution in [3.63, 3.8) is 0 Å². The number of aryl methyl sites for hydroxylation is 1. The fourth-order valence-corrected chi connectivity index (χ4v) is 3.41. The van der Waals surface area contributed by atoms with Gasteiger partial charge in [-0.05, 0) is 54.5 Å². The van der Waals surface area contributed by atoms with E-state index in [4.69, 9.17) is 17.0 Å². The normalized spacial score (nSPS) is 11.2. The second kappa shape index (κ2) is 6.22. The molecule has 25 heavy (non-hydrogen) atoms. The number of fused-ring (bicyclic) bond motifs is 2. The summed E-state index contributed by atoms with van der Waals surface area (Å²) in [5.41, 5.74) is 2.89. The largest absolute Gasteiger partial charge is 0.497 e. The SMILES string of the molecule is COc1ccc2[nH]cc(CCn3c(=S)[nH]c4ccccc4c3=O)c2c1. The van der Waals surface area contributed by atoms with Gasteiger partial charge in [-0.3, -0.25) is 9.36 Å². The smallest absolute Gasteiger partial charge is 0.262 e. The summed E-state index contributed by atoms with van der Waals surface area (Å²) in [5.74, 6) is 0.813. The van der Waals surface area contributed by atoms with E-state index < -0.39 is 0 Å². The molecule has 0 fully saturated rings. The number of hydrogen-bond donors (Lipinski definition) is 2. The lowest BCUT2D eigenvalue weighted by molar-refractivity contribution is 0.415. The highest BCUT2D eigenvalue weighted by Gasteiger charge is 2.08. The number of methoxy groups -OCH3 is 1. The van der Waals surface area contributed by atoms with Gasteiger partial charge in [-0.25, -0.2) is 0 Å². The number of hydrogen-bond acceptors (Lipinski definition) is 3. The molecule has 2 aromatic heterocycles. The Balaban J connectivity index is 1.71. The molecular formula is C19H17N3O2S. The Labute approximate surface area is 148 Å². The van der Waals surface area contributed by atoms with Gasteiger partial charge in [0, 0.05) is 23.6 Å². The van der Waals surface area contributed by atoms with Gasteiger partial charge in [0.15, 0.2) is 4.77 Å². The number of aromatic amines is 2. The molecule has 0 atom stereocenters. The summed E-state index contributed by atoms with van der Waals surface area (Å²) in [7, 11) is 1.65. The molecule has 2 aromatic carbocycles. The van der Waals surface area contributed by atoms with Crippen molar-refractivity contribution in [1.29, 1.82) is 0 Å². The van der Waals surface area contributed by atoms with Crippen LogP contribution < -0.4 is 10.3 Å². The minimum absolute atomic E-state index is 0.0585. The topological polar surface area (TPSA) is 62.8 Å². The number of H-pyrrole nitrogens is 2. The zero-order chi connectivity index (χ0) is 17.4. The Bertz CT molecular complexity index is 1190. The van der Waals surface area contributed by atoms with Crippen LogP contribution in [0.2, 0.25) is 0 Å². The van der Waals surface area contributed by atoms with Crippen molar-refractivity contribution >= 4 is 34.0 Å². The van der Waals surface area contributed by atoms with Crippen molar-refractivity contribution in [2.45, 2.75) is 13.0 Å². The van der Waals surface area contributed by atoms with Gasteiger partial charge in [-0.15, -0.1) is 0 Å². The summed E-state index contributed by atoms with van der Waals surface area (Å²) in [6, 6.07) is 13.3. The predicted molar refractivity (Wildman–Crippen MR) is 102 cm³/mol. The van der Waals surface area contributed by atoms with Crippen molar-refractivity contribution < 1.29 is 4.74 Å². The maximum atomic E-state index is 12.7. The average Bonchev–Trinajstić information content (AvgIpc) is 3.03. The van der Waals surface area contributed by atoms with Crippen LogP contribution in [-0.2, 0) is 13.0 Å². The zero-order valence-corrected chi connectivity index (χ0v) is 14.5. The van der Waals surface area contributed by atoms with Gasteiger partial charge < -0.3 is 14.7 Å². The first kappa shape index (κ1) is 15.7. The Kier molecular flexibility index (Phi) is 3.89. The summed E-state index contributed by atoms with van der Waals surface area (Å²) >= 11 is 5.38. The summed E-state index contributed by atoms with van der Waals surface area (Å²) in [5, 5.41) is 1.75. The summed E-state index contributed by atoms with van der Waals surface area (Å²) in [6.45, 7) is 0.517. The number of nitrogens with zero attached hydrogens (tertiary/aromatic N) is 1. The van der Waals surface area contributed by atoms with E-state index in [1.807, 2.05) is 48.7 Å². The molecule has 4 aromatic rings. The number of benzene rings is 2. The fourth-order valence-electron chi connectivity index (χ4n) is 3.13. The molecule has 0 unspecified atom stereocenters. The molecule has 0 aliphatic carbocycles. The van der Waals surface area contributed by atoms with Crippen LogP contribution in [0.4, 0.5) is 0 Å². The highest BCUT2D eigenvalue weighted by molar-refractivity contribution is 7.71. The first-order valence-corrected chi connectivity index (χ1v) is 8.44. The lowest BCUT2D eigenvalue weighted by atomic mass is 10.1. The number of rotatable bonds is 4. The van der Waals surface area contributed by atoms with Crippen molar-refractivity contribution in [2.75, 3.05) is 7.11 Å². The molecule has 0 saturated carbocycles. The van der Waals surface area contributed by atoms with Gasteiger partial charge >= 0.3 is 0 Å². The zero-order valence-electron chi connectivity index (χ0n) is 13.7. The monoisotopic (exact) mass is 351 g/mol. The maximum absolute atomic E-state index is 12.7. The standard InChI is InChI=1S/C19H17N3O2S/c1-24-13-6-7-16-15(10-13)12(11-20-16)8-9-22-18(23)14-4-2-3-5-17(14)21-19(22)25/h2-7,10-11,20H,8-9H2,1H3,(H,21,25). The van der Waals surface area contributed by atoms with Crippen molar-refractivity contribution in [2.24, 2.45) is 0 Å². The molecule has 6 heteroatoms. The third kappa shape index (κ3) is 2.74. The molecule has 5 nitrogen and oxygen atoms in total. The Morgan fingerprint density at radius 2 is 1.96 bits per heavy atom. The van der Waals surface area contributed by atoms with Gasteiger partial charge in [-0.2, -0.15) is 0 Å². The summed E-state index contributed by atoms with van der Waals surface area (Å²) in [6.07, 6.45) is 2.67. The van der Waals surface area contributed by atoms with Crippen molar-refractivity contribution in [3.8, 4) is 5.75 Å². The van der Waals surface area contributed by atoms with E-state index in [-0.39, 0.29) is 5.56 Å². The minimum atomic E-state index is -0.0585. The van der Waals surface area contributed by atoms with Crippen LogP contribution in [0.15, 0.2) is 53.5 Å². The van der Waals surface area contributed by atoms with E-state index in [0.717, 1.165) is 27.7 Å². The van der Waals surface area contributed by atoms with E-state index >= 15 is 0 Å². The lowest BCUT2D eigenvalue weighted by Gasteiger charge is -2.08. The number of ether oxygens (including phenoxy) is 1. The van der Waals surface area contributed by atoms with Crippen LogP contribution in [-0.4, -0.2) is 21.6 Å². The van der Waals surface area contributed by atoms with Gasteiger partial charge in [0.2, 0.25) is 0 Å². The lowest BCUT2D eigenvalue weighted by Crippen LogP contribution is -2.23. The average molecular weight is 351 g/mol. The van der Waals surface area contributed by atoms with E-state index in [0.29, 0.717) is 23.1 Å². The van der Waals surface area contributed by atoms with Gasteiger partial charge in [-0.1, -0.05) is 12.1 Å². The summed E-state index contributed by atoms with van der Waals surface area (Å²) < 4.78 is 7.37. The fraction of sp³-hybridized carbons (Fsp3) is 0.158. The first-order chi connectivity index (χ1) is 12.2. The molecule has 4 rings (SSSR count). The quantitative estimate of drug-likeness (QED) is 0.550. The van der Waals surface area contributed by atoms with Gasteiger partial charge in [0.1, 0.15) is 5.75 Å². The van der Waals surface area contributed by atoms with E-state index in [9.17, 15) is 4.79 Å². The molecule has 0 aliphatic heterocycles. The highest BCUT2D eigenvalue weighted by atomic mass is 32.1. The molecule has 126 valence electrons. The number of para-hydroxylation sites is 1. The molecule has 0 amide bonds. The first-order valence-electron chi connectivity index (χ1n) is 8.03. The van der Waals surface area contributed by atoms with Crippen LogP contribution >= 0.6 is 12.2 Å². The Morgan fingerprint density at radius 3 is 2.80 bits per heavy atom. The van der Waals surface area contributed by atoms with Crippen LogP contribution in [0.1, 0.15) is 5.56 Å². The third-order valence-electron chi connectivity index (χ3n) is 4.47. The Morgan fingerprint density at radius 1 is 1.12 bits per heavy atom. The predicted octanol–water partition coefficient (Wildman–Crippen LogP) is 3.79. The molecule has 0 spiro atoms. The van der Waals surface area contributed by atoms with Crippen LogP contribution in [0.3, 0.4) is 0 Å². The van der Waals surface area contributed by atoms with E-state index in [1.54, 1.807) is 11.7 Å². The molecular weight excluding hydrogens is 334 g/mol. The van der Waals surface area contributed by atoms with Crippen LogP contribution in [0.5, 0.6) is 5.75 Å². The number of aromatic nitrogens is 3. The maximum Gasteiger partial charge on any atom is 0.262 e. The van der Waals surface area contributed by atoms with Crippen molar-refractivity contribution in [3.05, 3.63) is 69.3 Å². The second-order valence-corrected chi connectivity index (χ2v) is 6.29. The summed E-state index contributed by atoms with van der Waals surface area (Å²) in [4.78, 5) is 19.1. The molecule has 0 aliphatic rings. The van der Waals surface area contributed by atoms with Crippen LogP contribution in [0, 0.1) is 4.77 Å².